The number of carbonyl (C=O) groups excluding carboxylic acids is 1. The van der Waals surface area contributed by atoms with Crippen LogP contribution in [0, 0.1) is 0 Å². The molecular formula is C18H21N3O4. The average Bonchev–Trinajstić information content (AvgIpc) is 3.32. The van der Waals surface area contributed by atoms with Gasteiger partial charge in [0.25, 0.3) is 5.91 Å². The number of ether oxygens (including phenoxy) is 3. The molecule has 0 saturated carbocycles. The van der Waals surface area contributed by atoms with E-state index in [4.69, 9.17) is 14.2 Å². The highest BCUT2D eigenvalue weighted by atomic mass is 16.7. The summed E-state index contributed by atoms with van der Waals surface area (Å²) in [6, 6.07) is 9.38. The number of likely N-dealkylation sites (tertiary alicyclic amines) is 1. The first-order valence-electron chi connectivity index (χ1n) is 8.46. The van der Waals surface area contributed by atoms with Crippen molar-refractivity contribution in [3.05, 3.63) is 36.0 Å². The van der Waals surface area contributed by atoms with E-state index in [1.807, 2.05) is 29.2 Å². The summed E-state index contributed by atoms with van der Waals surface area (Å²) in [5, 5.41) is 7.13. The van der Waals surface area contributed by atoms with Crippen LogP contribution in [-0.4, -0.2) is 60.2 Å². The third-order valence-electron chi connectivity index (χ3n) is 4.80. The summed E-state index contributed by atoms with van der Waals surface area (Å²) in [6.07, 6.45) is 1.41. The quantitative estimate of drug-likeness (QED) is 0.923. The Bertz CT molecular complexity index is 757. The largest absolute Gasteiger partial charge is 0.497 e. The van der Waals surface area contributed by atoms with Crippen LogP contribution in [0.3, 0.4) is 0 Å². The van der Waals surface area contributed by atoms with Crippen LogP contribution in [0.5, 0.6) is 5.75 Å². The summed E-state index contributed by atoms with van der Waals surface area (Å²) in [5.41, 5.74) is 2.11. The van der Waals surface area contributed by atoms with E-state index in [9.17, 15) is 4.79 Å². The first-order valence-corrected chi connectivity index (χ1v) is 8.46. The van der Waals surface area contributed by atoms with Crippen molar-refractivity contribution in [1.82, 2.24) is 15.1 Å². The second kappa shape index (κ2) is 6.50. The molecule has 25 heavy (non-hydrogen) atoms. The van der Waals surface area contributed by atoms with Gasteiger partial charge in [-0.1, -0.05) is 12.1 Å². The molecule has 0 atom stereocenters. The third kappa shape index (κ3) is 3.12. The Kier molecular flexibility index (Phi) is 4.19. The molecule has 1 aromatic heterocycles. The van der Waals surface area contributed by atoms with Gasteiger partial charge in [-0.25, -0.2) is 0 Å². The van der Waals surface area contributed by atoms with Crippen molar-refractivity contribution in [1.29, 1.82) is 0 Å². The van der Waals surface area contributed by atoms with Crippen molar-refractivity contribution in [2.75, 3.05) is 33.4 Å². The Morgan fingerprint density at radius 3 is 2.72 bits per heavy atom. The van der Waals surface area contributed by atoms with Gasteiger partial charge in [-0.05, 0) is 18.2 Å². The van der Waals surface area contributed by atoms with Gasteiger partial charge in [0.1, 0.15) is 11.4 Å². The van der Waals surface area contributed by atoms with Crippen molar-refractivity contribution in [3.8, 4) is 17.0 Å². The van der Waals surface area contributed by atoms with E-state index in [2.05, 4.69) is 10.2 Å². The maximum atomic E-state index is 12.7. The zero-order valence-electron chi connectivity index (χ0n) is 14.2. The van der Waals surface area contributed by atoms with Gasteiger partial charge >= 0.3 is 0 Å². The molecule has 1 spiro atoms. The molecule has 2 aromatic rings. The monoisotopic (exact) mass is 343 g/mol. The Balaban J connectivity index is 1.45. The second-order valence-corrected chi connectivity index (χ2v) is 6.30. The van der Waals surface area contributed by atoms with Crippen LogP contribution >= 0.6 is 0 Å². The molecule has 0 bridgehead atoms. The van der Waals surface area contributed by atoms with Gasteiger partial charge in [-0.15, -0.1) is 0 Å². The summed E-state index contributed by atoms with van der Waals surface area (Å²) in [7, 11) is 1.62. The summed E-state index contributed by atoms with van der Waals surface area (Å²) >= 11 is 0. The molecule has 2 saturated heterocycles. The van der Waals surface area contributed by atoms with Crippen LogP contribution < -0.4 is 4.74 Å². The molecule has 7 heteroatoms. The molecular weight excluding hydrogens is 322 g/mol. The molecule has 0 unspecified atom stereocenters. The fourth-order valence-corrected chi connectivity index (χ4v) is 3.37. The smallest absolute Gasteiger partial charge is 0.271 e. The van der Waals surface area contributed by atoms with Crippen molar-refractivity contribution >= 4 is 5.91 Å². The van der Waals surface area contributed by atoms with E-state index in [0.29, 0.717) is 44.8 Å². The number of H-pyrrole nitrogens is 1. The number of aromatic amines is 1. The molecule has 1 N–H and O–H groups in total. The highest BCUT2D eigenvalue weighted by molar-refractivity contribution is 5.93. The fraction of sp³-hybridized carbons (Fsp3) is 0.444. The van der Waals surface area contributed by atoms with Crippen LogP contribution in [-0.2, 0) is 9.47 Å². The van der Waals surface area contributed by atoms with Crippen molar-refractivity contribution < 1.29 is 19.0 Å². The summed E-state index contributed by atoms with van der Waals surface area (Å²) in [5.74, 6) is 0.233. The average molecular weight is 343 g/mol. The van der Waals surface area contributed by atoms with Gasteiger partial charge in [0.2, 0.25) is 0 Å². The van der Waals surface area contributed by atoms with Crippen molar-refractivity contribution in [2.24, 2.45) is 0 Å². The third-order valence-corrected chi connectivity index (χ3v) is 4.80. The van der Waals surface area contributed by atoms with Crippen LogP contribution in [0.2, 0.25) is 0 Å². The molecule has 0 radical (unpaired) electrons. The van der Waals surface area contributed by atoms with Crippen molar-refractivity contribution in [3.63, 3.8) is 0 Å². The zero-order chi connectivity index (χ0) is 17.3. The van der Waals surface area contributed by atoms with E-state index < -0.39 is 5.79 Å². The first-order chi connectivity index (χ1) is 12.2. The number of methoxy groups -OCH3 is 1. The number of rotatable bonds is 3. The number of nitrogens with zero attached hydrogens (tertiary/aromatic N) is 2. The maximum Gasteiger partial charge on any atom is 0.271 e. The first kappa shape index (κ1) is 16.1. The summed E-state index contributed by atoms with van der Waals surface area (Å²) in [6.45, 7) is 2.51. The topological polar surface area (TPSA) is 76.7 Å². The van der Waals surface area contributed by atoms with Gasteiger partial charge in [0.15, 0.2) is 5.79 Å². The SMILES string of the molecule is COc1cccc(-c2cc(C(=O)N3CCC4(CC3)OCCO4)[nH]n2)c1. The lowest BCUT2D eigenvalue weighted by Crippen LogP contribution is -2.47. The molecule has 132 valence electrons. The standard InChI is InChI=1S/C18H21N3O4/c1-23-14-4-2-3-13(11-14)15-12-16(20-19-15)17(22)21-7-5-18(6-8-21)24-9-10-25-18/h2-4,11-12H,5-10H2,1H3,(H,19,20). The normalized spacial score (nSPS) is 19.3. The predicted molar refractivity (Wildman–Crippen MR) is 90.3 cm³/mol. The minimum atomic E-state index is -0.476. The number of amides is 1. The van der Waals surface area contributed by atoms with Gasteiger partial charge in [-0.2, -0.15) is 5.10 Å². The van der Waals surface area contributed by atoms with Gasteiger partial charge in [0, 0.05) is 31.5 Å². The Labute approximate surface area is 145 Å². The lowest BCUT2D eigenvalue weighted by Gasteiger charge is -2.37. The Morgan fingerprint density at radius 2 is 2.00 bits per heavy atom. The maximum absolute atomic E-state index is 12.7. The lowest BCUT2D eigenvalue weighted by atomic mass is 10.0. The molecule has 3 heterocycles. The molecule has 2 fully saturated rings. The van der Waals surface area contributed by atoms with Crippen LogP contribution in [0.4, 0.5) is 0 Å². The van der Waals surface area contributed by atoms with Gasteiger partial charge in [0.05, 0.1) is 26.0 Å². The van der Waals surface area contributed by atoms with Crippen LogP contribution in [0.25, 0.3) is 11.3 Å². The minimum absolute atomic E-state index is 0.0468. The highest BCUT2D eigenvalue weighted by Gasteiger charge is 2.41. The van der Waals surface area contributed by atoms with E-state index in [1.165, 1.54) is 0 Å². The van der Waals surface area contributed by atoms with E-state index in [-0.39, 0.29) is 5.91 Å². The number of carbonyl (C=O) groups is 1. The molecule has 2 aliphatic rings. The fourth-order valence-electron chi connectivity index (χ4n) is 3.37. The van der Waals surface area contributed by atoms with Gasteiger partial charge in [-0.3, -0.25) is 9.89 Å². The molecule has 7 nitrogen and oxygen atoms in total. The number of hydrogen-bond acceptors (Lipinski definition) is 5. The Hall–Kier alpha value is -2.38. The van der Waals surface area contributed by atoms with Gasteiger partial charge < -0.3 is 19.1 Å². The summed E-state index contributed by atoms with van der Waals surface area (Å²) in [4.78, 5) is 14.5. The lowest BCUT2D eigenvalue weighted by molar-refractivity contribution is -0.181. The van der Waals surface area contributed by atoms with Crippen LogP contribution in [0.1, 0.15) is 23.3 Å². The number of benzene rings is 1. The summed E-state index contributed by atoms with van der Waals surface area (Å²) < 4.78 is 16.6. The van der Waals surface area contributed by atoms with E-state index >= 15 is 0 Å². The Morgan fingerprint density at radius 1 is 1.24 bits per heavy atom. The van der Waals surface area contributed by atoms with E-state index in [0.717, 1.165) is 17.0 Å². The number of piperidine rings is 1. The molecule has 1 aromatic carbocycles. The molecule has 0 aliphatic carbocycles. The molecule has 1 amide bonds. The molecule has 2 aliphatic heterocycles. The minimum Gasteiger partial charge on any atom is -0.497 e. The zero-order valence-corrected chi connectivity index (χ0v) is 14.2. The molecule has 4 rings (SSSR count). The second-order valence-electron chi connectivity index (χ2n) is 6.30. The van der Waals surface area contributed by atoms with E-state index in [1.54, 1.807) is 13.2 Å². The highest BCUT2D eigenvalue weighted by Crippen LogP contribution is 2.32. The number of aromatic nitrogens is 2. The number of nitrogens with one attached hydrogen (secondary N) is 1. The van der Waals surface area contributed by atoms with Crippen molar-refractivity contribution in [2.45, 2.75) is 18.6 Å². The van der Waals surface area contributed by atoms with Crippen LogP contribution in [0.15, 0.2) is 30.3 Å². The predicted octanol–water partition coefficient (Wildman–Crippen LogP) is 2.06. The number of hydrogen-bond donors (Lipinski definition) is 1.